The number of para-hydroxylation sites is 1. The Hall–Kier alpha value is -1.91. The van der Waals surface area contributed by atoms with Crippen LogP contribution in [0.1, 0.15) is 13.3 Å². The highest BCUT2D eigenvalue weighted by atomic mass is 16.5. The smallest absolute Gasteiger partial charge is 0.223 e. The first-order valence-corrected chi connectivity index (χ1v) is 5.12. The van der Waals surface area contributed by atoms with Gasteiger partial charge in [0.05, 0.1) is 13.0 Å². The van der Waals surface area contributed by atoms with E-state index in [9.17, 15) is 9.90 Å². The quantitative estimate of drug-likeness (QED) is 0.512. The molecule has 0 aromatic heterocycles. The van der Waals surface area contributed by atoms with Gasteiger partial charge >= 0.3 is 0 Å². The van der Waals surface area contributed by atoms with Gasteiger partial charge in [0.25, 0.3) is 0 Å². The fourth-order valence-electron chi connectivity index (χ4n) is 1.20. The Labute approximate surface area is 94.2 Å². The molecule has 0 fully saturated rings. The SMILES string of the molecule is CCNC(=O)CCOc1cccc(O)c1N. The van der Waals surface area contributed by atoms with Crippen LogP contribution in [0, 0.1) is 0 Å². The minimum absolute atomic E-state index is 0.0180. The zero-order valence-corrected chi connectivity index (χ0v) is 9.19. The molecule has 0 aliphatic heterocycles. The second-order valence-electron chi connectivity index (χ2n) is 3.24. The van der Waals surface area contributed by atoms with Crippen molar-refractivity contribution in [2.45, 2.75) is 13.3 Å². The molecular weight excluding hydrogens is 208 g/mol. The summed E-state index contributed by atoms with van der Waals surface area (Å²) in [7, 11) is 0. The normalized spacial score (nSPS) is 9.81. The Morgan fingerprint density at radius 3 is 3.00 bits per heavy atom. The molecule has 5 nitrogen and oxygen atoms in total. The largest absolute Gasteiger partial charge is 0.506 e. The molecule has 0 spiro atoms. The van der Waals surface area contributed by atoms with Crippen LogP contribution in [-0.2, 0) is 4.79 Å². The molecule has 1 rings (SSSR count). The summed E-state index contributed by atoms with van der Waals surface area (Å²) >= 11 is 0. The van der Waals surface area contributed by atoms with Gasteiger partial charge in [0.15, 0.2) is 0 Å². The van der Waals surface area contributed by atoms with Gasteiger partial charge in [-0.15, -0.1) is 0 Å². The number of anilines is 1. The number of benzene rings is 1. The molecule has 0 unspecified atom stereocenters. The lowest BCUT2D eigenvalue weighted by Crippen LogP contribution is -2.24. The van der Waals surface area contributed by atoms with E-state index in [1.165, 1.54) is 6.07 Å². The first-order chi connectivity index (χ1) is 7.65. The van der Waals surface area contributed by atoms with Gasteiger partial charge in [-0.05, 0) is 19.1 Å². The maximum absolute atomic E-state index is 11.1. The number of carbonyl (C=O) groups is 1. The molecule has 4 N–H and O–H groups in total. The van der Waals surface area contributed by atoms with Gasteiger partial charge < -0.3 is 20.9 Å². The fraction of sp³-hybridized carbons (Fsp3) is 0.364. The van der Waals surface area contributed by atoms with E-state index in [2.05, 4.69) is 5.32 Å². The lowest BCUT2D eigenvalue weighted by atomic mass is 10.3. The van der Waals surface area contributed by atoms with Crippen molar-refractivity contribution < 1.29 is 14.6 Å². The van der Waals surface area contributed by atoms with Crippen LogP contribution in [0.2, 0.25) is 0 Å². The number of hydrogen-bond acceptors (Lipinski definition) is 4. The van der Waals surface area contributed by atoms with Crippen LogP contribution in [0.25, 0.3) is 0 Å². The van der Waals surface area contributed by atoms with E-state index in [1.54, 1.807) is 12.1 Å². The lowest BCUT2D eigenvalue weighted by Gasteiger charge is -2.09. The summed E-state index contributed by atoms with van der Waals surface area (Å²) in [5, 5.41) is 12.0. The summed E-state index contributed by atoms with van der Waals surface area (Å²) in [6.07, 6.45) is 0.267. The first-order valence-electron chi connectivity index (χ1n) is 5.12. The molecule has 88 valence electrons. The molecule has 0 bridgehead atoms. The lowest BCUT2D eigenvalue weighted by molar-refractivity contribution is -0.121. The van der Waals surface area contributed by atoms with Crippen molar-refractivity contribution >= 4 is 11.6 Å². The average Bonchev–Trinajstić information content (AvgIpc) is 2.25. The highest BCUT2D eigenvalue weighted by Gasteiger charge is 2.05. The molecule has 1 aromatic rings. The van der Waals surface area contributed by atoms with Gasteiger partial charge in [-0.2, -0.15) is 0 Å². The number of amides is 1. The third-order valence-electron chi connectivity index (χ3n) is 2.00. The van der Waals surface area contributed by atoms with E-state index >= 15 is 0 Å². The number of rotatable bonds is 5. The zero-order chi connectivity index (χ0) is 12.0. The Morgan fingerprint density at radius 1 is 1.56 bits per heavy atom. The summed E-state index contributed by atoms with van der Waals surface area (Å²) in [5.41, 5.74) is 5.78. The number of nitrogens with one attached hydrogen (secondary N) is 1. The Kier molecular flexibility index (Phi) is 4.44. The van der Waals surface area contributed by atoms with Gasteiger partial charge in [0, 0.05) is 6.54 Å². The van der Waals surface area contributed by atoms with Crippen LogP contribution in [0.4, 0.5) is 5.69 Å². The minimum Gasteiger partial charge on any atom is -0.506 e. The molecular formula is C11H16N2O3. The van der Waals surface area contributed by atoms with Crippen LogP contribution >= 0.6 is 0 Å². The van der Waals surface area contributed by atoms with E-state index in [0.717, 1.165) is 0 Å². The average molecular weight is 224 g/mol. The zero-order valence-electron chi connectivity index (χ0n) is 9.19. The van der Waals surface area contributed by atoms with Crippen molar-refractivity contribution in [1.82, 2.24) is 5.32 Å². The molecule has 5 heteroatoms. The first kappa shape index (κ1) is 12.2. The fourth-order valence-corrected chi connectivity index (χ4v) is 1.20. The summed E-state index contributed by atoms with van der Waals surface area (Å²) in [5.74, 6) is 0.307. The molecule has 1 aromatic carbocycles. The number of nitrogens with two attached hydrogens (primary N) is 1. The molecule has 1 amide bonds. The summed E-state index contributed by atoms with van der Waals surface area (Å²) < 4.78 is 5.29. The standard InChI is InChI=1S/C11H16N2O3/c1-2-13-10(15)6-7-16-9-5-3-4-8(14)11(9)12/h3-5,14H,2,6-7,12H2,1H3,(H,13,15). The molecule has 0 aliphatic carbocycles. The number of phenols is 1. The number of ether oxygens (including phenoxy) is 1. The highest BCUT2D eigenvalue weighted by Crippen LogP contribution is 2.29. The van der Waals surface area contributed by atoms with Crippen LogP contribution in [-0.4, -0.2) is 24.2 Å². The van der Waals surface area contributed by atoms with Crippen LogP contribution < -0.4 is 15.8 Å². The van der Waals surface area contributed by atoms with Crippen molar-refractivity contribution in [2.24, 2.45) is 0 Å². The van der Waals surface area contributed by atoms with E-state index in [4.69, 9.17) is 10.5 Å². The minimum atomic E-state index is -0.0683. The number of hydrogen-bond donors (Lipinski definition) is 3. The molecule has 0 heterocycles. The van der Waals surface area contributed by atoms with Crippen molar-refractivity contribution in [1.29, 1.82) is 0 Å². The Morgan fingerprint density at radius 2 is 2.31 bits per heavy atom. The van der Waals surface area contributed by atoms with Gasteiger partial charge in [0.1, 0.15) is 17.2 Å². The topological polar surface area (TPSA) is 84.6 Å². The number of phenolic OH excluding ortho intramolecular Hbond substituents is 1. The molecule has 0 aliphatic rings. The van der Waals surface area contributed by atoms with Gasteiger partial charge in [0.2, 0.25) is 5.91 Å². The predicted octanol–water partition coefficient (Wildman–Crippen LogP) is 0.879. The van der Waals surface area contributed by atoms with Gasteiger partial charge in [-0.1, -0.05) is 6.07 Å². The number of carbonyl (C=O) groups excluding carboxylic acids is 1. The maximum Gasteiger partial charge on any atom is 0.223 e. The monoisotopic (exact) mass is 224 g/mol. The van der Waals surface area contributed by atoms with Crippen molar-refractivity contribution in [3.05, 3.63) is 18.2 Å². The van der Waals surface area contributed by atoms with Gasteiger partial charge in [-0.3, -0.25) is 4.79 Å². The summed E-state index contributed by atoms with van der Waals surface area (Å²) in [4.78, 5) is 11.1. The maximum atomic E-state index is 11.1. The summed E-state index contributed by atoms with van der Waals surface area (Å²) in [6, 6.07) is 4.76. The van der Waals surface area contributed by atoms with Crippen molar-refractivity contribution in [2.75, 3.05) is 18.9 Å². The van der Waals surface area contributed by atoms with Crippen molar-refractivity contribution in [3.8, 4) is 11.5 Å². The van der Waals surface area contributed by atoms with Crippen LogP contribution in [0.15, 0.2) is 18.2 Å². The molecule has 0 atom stereocenters. The van der Waals surface area contributed by atoms with E-state index < -0.39 is 0 Å². The third kappa shape index (κ3) is 3.34. The van der Waals surface area contributed by atoms with Crippen LogP contribution in [0.5, 0.6) is 11.5 Å². The Bertz CT molecular complexity index is 366. The third-order valence-corrected chi connectivity index (χ3v) is 2.00. The highest BCUT2D eigenvalue weighted by molar-refractivity contribution is 5.75. The van der Waals surface area contributed by atoms with E-state index in [-0.39, 0.29) is 30.4 Å². The summed E-state index contributed by atoms with van der Waals surface area (Å²) in [6.45, 7) is 2.69. The molecule has 0 radical (unpaired) electrons. The Balaban J connectivity index is 2.43. The van der Waals surface area contributed by atoms with E-state index in [0.29, 0.717) is 12.3 Å². The second-order valence-corrected chi connectivity index (χ2v) is 3.24. The number of nitrogen functional groups attached to an aromatic ring is 1. The van der Waals surface area contributed by atoms with Crippen LogP contribution in [0.3, 0.4) is 0 Å². The second kappa shape index (κ2) is 5.85. The predicted molar refractivity (Wildman–Crippen MR) is 61.3 cm³/mol. The molecule has 16 heavy (non-hydrogen) atoms. The molecule has 0 saturated carbocycles. The van der Waals surface area contributed by atoms with Crippen molar-refractivity contribution in [3.63, 3.8) is 0 Å². The molecule has 0 saturated heterocycles. The van der Waals surface area contributed by atoms with Gasteiger partial charge in [-0.25, -0.2) is 0 Å². The number of aromatic hydroxyl groups is 1. The van der Waals surface area contributed by atoms with E-state index in [1.807, 2.05) is 6.92 Å².